The molecule has 1 aliphatic carbocycles. The van der Waals surface area contributed by atoms with Crippen LogP contribution in [0.5, 0.6) is 11.5 Å². The topological polar surface area (TPSA) is 67.9 Å². The van der Waals surface area contributed by atoms with Crippen molar-refractivity contribution in [1.29, 1.82) is 0 Å². The summed E-state index contributed by atoms with van der Waals surface area (Å²) >= 11 is 0. The first kappa shape index (κ1) is 23.8. The fraction of sp³-hybridized carbons (Fsp3) is 0.500. The molecular formula is C28H33FN2O4. The van der Waals surface area contributed by atoms with E-state index in [2.05, 4.69) is 10.2 Å². The van der Waals surface area contributed by atoms with E-state index >= 15 is 0 Å². The summed E-state index contributed by atoms with van der Waals surface area (Å²) < 4.78 is 23.8. The van der Waals surface area contributed by atoms with Crippen LogP contribution in [-0.2, 0) is 0 Å². The van der Waals surface area contributed by atoms with E-state index in [1.54, 1.807) is 30.3 Å². The number of rotatable bonds is 7. The summed E-state index contributed by atoms with van der Waals surface area (Å²) in [6.07, 6.45) is 7.19. The average molecular weight is 481 g/mol. The van der Waals surface area contributed by atoms with Crippen LogP contribution in [-0.4, -0.2) is 49.1 Å². The molecular weight excluding hydrogens is 447 g/mol. The first-order chi connectivity index (χ1) is 17.0. The molecule has 1 amide bonds. The van der Waals surface area contributed by atoms with Crippen molar-refractivity contribution < 1.29 is 23.5 Å². The predicted molar refractivity (Wildman–Crippen MR) is 130 cm³/mol. The van der Waals surface area contributed by atoms with Gasteiger partial charge in [0.1, 0.15) is 5.82 Å². The lowest BCUT2D eigenvalue weighted by molar-refractivity contribution is 0.0832. The normalized spacial score (nSPS) is 22.7. The van der Waals surface area contributed by atoms with Crippen molar-refractivity contribution in [2.45, 2.75) is 51.0 Å². The molecule has 7 heteroatoms. The number of carbonyl (C=O) groups excluding carboxylic acids is 2. The Morgan fingerprint density at radius 3 is 2.31 bits per heavy atom. The molecule has 35 heavy (non-hydrogen) atoms. The second kappa shape index (κ2) is 10.8. The SMILES string of the molecule is O=C(NC1CCC(CCN2CCC(C(=O)c3ccc(F)cc3)CC2)CC1)c1ccc2c(c1)OCO2. The van der Waals surface area contributed by atoms with Gasteiger partial charge in [-0.2, -0.15) is 0 Å². The molecule has 5 rings (SSSR count). The summed E-state index contributed by atoms with van der Waals surface area (Å²) in [5, 5.41) is 3.19. The molecule has 1 saturated heterocycles. The molecule has 186 valence electrons. The Balaban J connectivity index is 1.00. The van der Waals surface area contributed by atoms with Gasteiger partial charge in [-0.15, -0.1) is 0 Å². The molecule has 0 unspecified atom stereocenters. The van der Waals surface area contributed by atoms with Gasteiger partial charge in [0.25, 0.3) is 5.91 Å². The Hall–Kier alpha value is -2.93. The first-order valence-electron chi connectivity index (χ1n) is 12.8. The number of carbonyl (C=O) groups is 2. The van der Waals surface area contributed by atoms with Gasteiger partial charge in [-0.05, 0) is 113 Å². The maximum atomic E-state index is 13.1. The van der Waals surface area contributed by atoms with Crippen molar-refractivity contribution in [2.75, 3.05) is 26.4 Å². The molecule has 2 fully saturated rings. The summed E-state index contributed by atoms with van der Waals surface area (Å²) in [7, 11) is 0. The second-order valence-corrected chi connectivity index (χ2v) is 10.0. The number of benzene rings is 2. The highest BCUT2D eigenvalue weighted by atomic mass is 19.1. The molecule has 2 aliphatic heterocycles. The Morgan fingerprint density at radius 2 is 1.57 bits per heavy atom. The molecule has 2 aromatic rings. The highest BCUT2D eigenvalue weighted by Gasteiger charge is 2.28. The highest BCUT2D eigenvalue weighted by Crippen LogP contribution is 2.33. The van der Waals surface area contributed by atoms with E-state index < -0.39 is 0 Å². The summed E-state index contributed by atoms with van der Waals surface area (Å²) in [6.45, 7) is 3.16. The van der Waals surface area contributed by atoms with E-state index in [0.29, 0.717) is 28.5 Å². The molecule has 0 aromatic heterocycles. The van der Waals surface area contributed by atoms with Crippen LogP contribution < -0.4 is 14.8 Å². The summed E-state index contributed by atoms with van der Waals surface area (Å²) in [4.78, 5) is 27.8. The molecule has 6 nitrogen and oxygen atoms in total. The van der Waals surface area contributed by atoms with E-state index in [1.165, 1.54) is 18.6 Å². The van der Waals surface area contributed by atoms with Gasteiger partial charge < -0.3 is 19.7 Å². The number of halogens is 1. The van der Waals surface area contributed by atoms with E-state index in [-0.39, 0.29) is 36.3 Å². The summed E-state index contributed by atoms with van der Waals surface area (Å²) in [5.74, 6) is 1.83. The number of fused-ring (bicyclic) bond motifs is 1. The number of Topliss-reactive ketones (excluding diaryl/α,β-unsaturated/α-hetero) is 1. The Bertz CT molecular complexity index is 1040. The number of hydrogen-bond donors (Lipinski definition) is 1. The first-order valence-corrected chi connectivity index (χ1v) is 12.8. The molecule has 2 heterocycles. The summed E-state index contributed by atoms with van der Waals surface area (Å²) in [6, 6.07) is 11.5. The van der Waals surface area contributed by atoms with Gasteiger partial charge in [0.2, 0.25) is 6.79 Å². The number of nitrogens with zero attached hydrogens (tertiary/aromatic N) is 1. The zero-order valence-electron chi connectivity index (χ0n) is 20.0. The van der Waals surface area contributed by atoms with Crippen LogP contribution in [0.3, 0.4) is 0 Å². The molecule has 1 saturated carbocycles. The van der Waals surface area contributed by atoms with Gasteiger partial charge in [0.05, 0.1) is 0 Å². The lowest BCUT2D eigenvalue weighted by atomic mass is 9.83. The van der Waals surface area contributed by atoms with Crippen molar-refractivity contribution in [3.8, 4) is 11.5 Å². The number of amides is 1. The van der Waals surface area contributed by atoms with E-state index in [9.17, 15) is 14.0 Å². The standard InChI is InChI=1S/C28H33FN2O4/c29-23-6-3-20(4-7-23)27(32)21-12-15-31(16-13-21)14-11-19-1-8-24(9-2-19)30-28(33)22-5-10-25-26(17-22)35-18-34-25/h3-7,10,17,19,21,24H,1-2,8-9,11-16,18H2,(H,30,33). The van der Waals surface area contributed by atoms with Crippen LogP contribution in [0.25, 0.3) is 0 Å². The van der Waals surface area contributed by atoms with Gasteiger partial charge in [-0.3, -0.25) is 9.59 Å². The number of nitrogens with one attached hydrogen (secondary N) is 1. The lowest BCUT2D eigenvalue weighted by Gasteiger charge is -2.34. The van der Waals surface area contributed by atoms with Gasteiger partial charge in [0, 0.05) is 23.1 Å². The van der Waals surface area contributed by atoms with E-state index in [0.717, 1.165) is 58.2 Å². The number of likely N-dealkylation sites (tertiary alicyclic amines) is 1. The number of ketones is 1. The highest BCUT2D eigenvalue weighted by molar-refractivity contribution is 5.98. The average Bonchev–Trinajstić information content (AvgIpc) is 3.37. The van der Waals surface area contributed by atoms with Crippen LogP contribution in [0.4, 0.5) is 4.39 Å². The monoisotopic (exact) mass is 480 g/mol. The third-order valence-corrected chi connectivity index (χ3v) is 7.76. The number of ether oxygens (including phenoxy) is 2. The maximum Gasteiger partial charge on any atom is 0.251 e. The smallest absolute Gasteiger partial charge is 0.251 e. The largest absolute Gasteiger partial charge is 0.454 e. The lowest BCUT2D eigenvalue weighted by Crippen LogP contribution is -2.39. The van der Waals surface area contributed by atoms with E-state index in [1.807, 2.05) is 0 Å². The van der Waals surface area contributed by atoms with Crippen molar-refractivity contribution in [3.63, 3.8) is 0 Å². The molecule has 0 radical (unpaired) electrons. The zero-order chi connectivity index (χ0) is 24.2. The van der Waals surface area contributed by atoms with Crippen LogP contribution >= 0.6 is 0 Å². The van der Waals surface area contributed by atoms with Gasteiger partial charge >= 0.3 is 0 Å². The van der Waals surface area contributed by atoms with Crippen molar-refractivity contribution in [1.82, 2.24) is 10.2 Å². The van der Waals surface area contributed by atoms with Gasteiger partial charge in [0.15, 0.2) is 17.3 Å². The number of hydrogen-bond acceptors (Lipinski definition) is 5. The van der Waals surface area contributed by atoms with Crippen molar-refractivity contribution >= 4 is 11.7 Å². The van der Waals surface area contributed by atoms with Gasteiger partial charge in [-0.1, -0.05) is 0 Å². The molecule has 3 aliphatic rings. The van der Waals surface area contributed by atoms with Gasteiger partial charge in [-0.25, -0.2) is 4.39 Å². The molecule has 0 bridgehead atoms. The molecule has 1 N–H and O–H groups in total. The predicted octanol–water partition coefficient (Wildman–Crippen LogP) is 4.83. The quantitative estimate of drug-likeness (QED) is 0.575. The van der Waals surface area contributed by atoms with Crippen molar-refractivity contribution in [3.05, 3.63) is 59.4 Å². The van der Waals surface area contributed by atoms with Crippen LogP contribution in [0.2, 0.25) is 0 Å². The Morgan fingerprint density at radius 1 is 0.886 bits per heavy atom. The zero-order valence-corrected chi connectivity index (χ0v) is 20.0. The third-order valence-electron chi connectivity index (χ3n) is 7.76. The fourth-order valence-electron chi connectivity index (χ4n) is 5.54. The Kier molecular flexibility index (Phi) is 7.32. The minimum atomic E-state index is -0.308. The van der Waals surface area contributed by atoms with Crippen LogP contribution in [0, 0.1) is 17.7 Å². The van der Waals surface area contributed by atoms with Crippen LogP contribution in [0.15, 0.2) is 42.5 Å². The number of piperidine rings is 1. The molecule has 0 spiro atoms. The fourth-order valence-corrected chi connectivity index (χ4v) is 5.54. The molecule has 0 atom stereocenters. The molecule has 2 aromatic carbocycles. The minimum Gasteiger partial charge on any atom is -0.454 e. The van der Waals surface area contributed by atoms with Crippen molar-refractivity contribution in [2.24, 2.45) is 11.8 Å². The van der Waals surface area contributed by atoms with E-state index in [4.69, 9.17) is 9.47 Å². The maximum absolute atomic E-state index is 13.1. The second-order valence-electron chi connectivity index (χ2n) is 10.0. The Labute approximate surface area is 205 Å². The van der Waals surface area contributed by atoms with Crippen LogP contribution in [0.1, 0.15) is 65.7 Å². The third kappa shape index (κ3) is 5.84. The minimum absolute atomic E-state index is 0.0421. The summed E-state index contributed by atoms with van der Waals surface area (Å²) in [5.41, 5.74) is 1.23.